The summed E-state index contributed by atoms with van der Waals surface area (Å²) in [4.78, 5) is 17.0. The molecule has 0 unspecified atom stereocenters. The van der Waals surface area contributed by atoms with Crippen LogP contribution >= 0.6 is 0 Å². The average Bonchev–Trinajstić information content (AvgIpc) is 2.87. The van der Waals surface area contributed by atoms with E-state index in [9.17, 15) is 14.4 Å². The Kier molecular flexibility index (Phi) is 2.56. The van der Waals surface area contributed by atoms with Gasteiger partial charge >= 0.3 is 0 Å². The molecule has 23 heavy (non-hydrogen) atoms. The minimum Gasteiger partial charge on any atom is -0.410 e. The summed E-state index contributed by atoms with van der Waals surface area (Å²) in [6.07, 6.45) is 0. The van der Waals surface area contributed by atoms with E-state index in [-0.39, 0.29) is 22.4 Å². The molecular formula is C16H7FN4O2. The standard InChI is InChI=1S/C16H7FN4O2/c17-9-2-3-10-12(6-9)19-15-14(20-23)11-5-8(7-18)1-4-13(11)21(15)16(10)22/h1-6,23H/b20-14+. The summed E-state index contributed by atoms with van der Waals surface area (Å²) in [6.45, 7) is 0. The fourth-order valence-electron chi connectivity index (χ4n) is 2.75. The molecule has 0 saturated carbocycles. The van der Waals surface area contributed by atoms with E-state index in [0.717, 1.165) is 6.07 Å². The number of halogens is 1. The van der Waals surface area contributed by atoms with Crippen LogP contribution in [0, 0.1) is 17.1 Å². The van der Waals surface area contributed by atoms with E-state index in [1.54, 1.807) is 12.1 Å². The van der Waals surface area contributed by atoms with Crippen molar-refractivity contribution < 1.29 is 9.60 Å². The topological polar surface area (TPSA) is 91.3 Å². The Bertz CT molecular complexity index is 1130. The Morgan fingerprint density at radius 1 is 1.26 bits per heavy atom. The minimum absolute atomic E-state index is 0.0698. The van der Waals surface area contributed by atoms with Crippen molar-refractivity contribution in [3.63, 3.8) is 0 Å². The van der Waals surface area contributed by atoms with Gasteiger partial charge in [-0.05, 0) is 30.3 Å². The Balaban J connectivity index is 2.16. The molecule has 0 fully saturated rings. The van der Waals surface area contributed by atoms with Crippen LogP contribution in [0.5, 0.6) is 0 Å². The lowest BCUT2D eigenvalue weighted by Crippen LogP contribution is -2.21. The van der Waals surface area contributed by atoms with E-state index in [2.05, 4.69) is 10.1 Å². The van der Waals surface area contributed by atoms with Gasteiger partial charge in [-0.15, -0.1) is 0 Å². The second-order valence-electron chi connectivity index (χ2n) is 5.03. The zero-order valence-electron chi connectivity index (χ0n) is 11.5. The summed E-state index contributed by atoms with van der Waals surface area (Å²) in [7, 11) is 0. The van der Waals surface area contributed by atoms with Crippen LogP contribution in [-0.2, 0) is 0 Å². The SMILES string of the molecule is N#Cc1ccc2c(c1)/C(=N\O)c1nc3cc(F)ccc3c(=O)n1-2. The van der Waals surface area contributed by atoms with Gasteiger partial charge in [0, 0.05) is 11.6 Å². The van der Waals surface area contributed by atoms with Gasteiger partial charge in [0.2, 0.25) is 0 Å². The quantitative estimate of drug-likeness (QED) is 0.397. The zero-order valence-corrected chi connectivity index (χ0v) is 11.5. The second-order valence-corrected chi connectivity index (χ2v) is 5.03. The molecule has 110 valence electrons. The Morgan fingerprint density at radius 3 is 2.83 bits per heavy atom. The number of rotatable bonds is 0. The van der Waals surface area contributed by atoms with E-state index in [1.165, 1.54) is 22.8 Å². The van der Waals surface area contributed by atoms with Gasteiger partial charge < -0.3 is 5.21 Å². The van der Waals surface area contributed by atoms with Gasteiger partial charge in [-0.2, -0.15) is 5.26 Å². The molecule has 0 atom stereocenters. The Morgan fingerprint density at radius 2 is 2.09 bits per heavy atom. The molecule has 7 heteroatoms. The van der Waals surface area contributed by atoms with E-state index in [4.69, 9.17) is 5.26 Å². The van der Waals surface area contributed by atoms with Crippen molar-refractivity contribution in [1.29, 1.82) is 5.26 Å². The van der Waals surface area contributed by atoms with Crippen LogP contribution in [0.25, 0.3) is 16.6 Å². The summed E-state index contributed by atoms with van der Waals surface area (Å²) in [5.41, 5.74) is 1.11. The second kappa shape index (κ2) is 4.48. The van der Waals surface area contributed by atoms with Crippen molar-refractivity contribution in [3.05, 3.63) is 69.5 Å². The molecule has 2 aromatic carbocycles. The normalized spacial score (nSPS) is 13.8. The number of oxime groups is 1. The molecular weight excluding hydrogens is 299 g/mol. The molecule has 0 bridgehead atoms. The van der Waals surface area contributed by atoms with Gasteiger partial charge in [0.05, 0.1) is 28.2 Å². The van der Waals surface area contributed by atoms with Crippen LogP contribution in [0.3, 0.4) is 0 Å². The fraction of sp³-hybridized carbons (Fsp3) is 0. The number of hydrogen-bond acceptors (Lipinski definition) is 5. The average molecular weight is 306 g/mol. The molecule has 4 rings (SSSR count). The van der Waals surface area contributed by atoms with Crippen molar-refractivity contribution in [1.82, 2.24) is 9.55 Å². The van der Waals surface area contributed by atoms with Gasteiger partial charge in [-0.25, -0.2) is 9.37 Å². The highest BCUT2D eigenvalue weighted by Crippen LogP contribution is 2.27. The first-order valence-electron chi connectivity index (χ1n) is 6.63. The lowest BCUT2D eigenvalue weighted by atomic mass is 10.1. The lowest BCUT2D eigenvalue weighted by molar-refractivity contribution is 0.319. The van der Waals surface area contributed by atoms with Gasteiger partial charge in [0.25, 0.3) is 5.56 Å². The molecule has 1 aromatic heterocycles. The molecule has 3 aromatic rings. The van der Waals surface area contributed by atoms with Crippen molar-refractivity contribution in [2.75, 3.05) is 0 Å². The third-order valence-electron chi connectivity index (χ3n) is 3.76. The highest BCUT2D eigenvalue weighted by atomic mass is 19.1. The number of benzene rings is 2. The van der Waals surface area contributed by atoms with Crippen LogP contribution in [0.2, 0.25) is 0 Å². The van der Waals surface area contributed by atoms with Crippen LogP contribution in [0.15, 0.2) is 46.3 Å². The molecule has 1 N–H and O–H groups in total. The van der Waals surface area contributed by atoms with E-state index >= 15 is 0 Å². The predicted octanol–water partition coefficient (Wildman–Crippen LogP) is 1.94. The zero-order chi connectivity index (χ0) is 16.1. The Hall–Kier alpha value is -3.53. The third-order valence-corrected chi connectivity index (χ3v) is 3.76. The molecule has 0 radical (unpaired) electrons. The first-order valence-corrected chi connectivity index (χ1v) is 6.63. The van der Waals surface area contributed by atoms with Crippen LogP contribution in [0.1, 0.15) is 17.0 Å². The maximum Gasteiger partial charge on any atom is 0.266 e. The highest BCUT2D eigenvalue weighted by molar-refractivity contribution is 6.16. The molecule has 1 aliphatic heterocycles. The molecule has 0 amide bonds. The minimum atomic E-state index is -0.515. The van der Waals surface area contributed by atoms with Crippen molar-refractivity contribution in [2.45, 2.75) is 0 Å². The number of nitriles is 1. The monoisotopic (exact) mass is 306 g/mol. The van der Waals surface area contributed by atoms with Gasteiger partial charge in [0.15, 0.2) is 11.5 Å². The van der Waals surface area contributed by atoms with E-state index < -0.39 is 11.4 Å². The third kappa shape index (κ3) is 1.69. The summed E-state index contributed by atoms with van der Waals surface area (Å²) in [5, 5.41) is 21.8. The predicted molar refractivity (Wildman–Crippen MR) is 79.4 cm³/mol. The van der Waals surface area contributed by atoms with Crippen molar-refractivity contribution >= 4 is 16.6 Å². The number of nitrogens with zero attached hydrogens (tertiary/aromatic N) is 4. The van der Waals surface area contributed by atoms with Crippen molar-refractivity contribution in [2.24, 2.45) is 5.16 Å². The number of aromatic nitrogens is 2. The maximum atomic E-state index is 13.4. The van der Waals surface area contributed by atoms with Crippen LogP contribution in [-0.4, -0.2) is 20.5 Å². The van der Waals surface area contributed by atoms with Gasteiger partial charge in [-0.3, -0.25) is 9.36 Å². The summed E-state index contributed by atoms with van der Waals surface area (Å²) in [6, 6.07) is 10.4. The molecule has 0 saturated heterocycles. The molecule has 6 nitrogen and oxygen atoms in total. The lowest BCUT2D eigenvalue weighted by Gasteiger charge is -2.05. The fourth-order valence-corrected chi connectivity index (χ4v) is 2.75. The van der Waals surface area contributed by atoms with Gasteiger partial charge in [-0.1, -0.05) is 5.16 Å². The highest BCUT2D eigenvalue weighted by Gasteiger charge is 2.29. The summed E-state index contributed by atoms with van der Waals surface area (Å²) < 4.78 is 14.7. The van der Waals surface area contributed by atoms with Crippen molar-refractivity contribution in [3.8, 4) is 11.8 Å². The summed E-state index contributed by atoms with van der Waals surface area (Å²) in [5.74, 6) is -0.403. The molecule has 0 spiro atoms. The first-order chi connectivity index (χ1) is 11.1. The molecule has 0 aliphatic carbocycles. The number of fused-ring (bicyclic) bond motifs is 4. The molecule has 2 heterocycles. The van der Waals surface area contributed by atoms with E-state index in [0.29, 0.717) is 16.8 Å². The maximum absolute atomic E-state index is 13.4. The van der Waals surface area contributed by atoms with Gasteiger partial charge in [0.1, 0.15) is 5.82 Å². The summed E-state index contributed by atoms with van der Waals surface area (Å²) >= 11 is 0. The van der Waals surface area contributed by atoms with Crippen LogP contribution < -0.4 is 5.56 Å². The Labute approximate surface area is 128 Å². The largest absolute Gasteiger partial charge is 0.410 e. The van der Waals surface area contributed by atoms with Crippen LogP contribution in [0.4, 0.5) is 4.39 Å². The smallest absolute Gasteiger partial charge is 0.266 e. The first kappa shape index (κ1) is 13.2. The molecule has 1 aliphatic rings. The van der Waals surface area contributed by atoms with E-state index in [1.807, 2.05) is 6.07 Å². The number of hydrogen-bond donors (Lipinski definition) is 1.